The Kier molecular flexibility index (Phi) is 4.70. The maximum atomic E-state index is 6.12. The Balaban J connectivity index is 2.59. The van der Waals surface area contributed by atoms with Crippen LogP contribution in [0.5, 0.6) is 0 Å². The summed E-state index contributed by atoms with van der Waals surface area (Å²) in [6.45, 7) is 7.91. The Morgan fingerprint density at radius 2 is 2.27 bits per heavy atom. The number of rotatable bonds is 5. The first-order valence-corrected chi connectivity index (χ1v) is 5.65. The van der Waals surface area contributed by atoms with Gasteiger partial charge in [0.1, 0.15) is 0 Å². The topological polar surface area (TPSA) is 12.0 Å². The Morgan fingerprint density at radius 3 is 2.87 bits per heavy atom. The van der Waals surface area contributed by atoms with E-state index in [0.29, 0.717) is 6.04 Å². The molecule has 1 rings (SSSR count). The monoisotopic (exact) mass is 223 g/mol. The lowest BCUT2D eigenvalue weighted by Gasteiger charge is -2.15. The smallest absolute Gasteiger partial charge is 0.0640 e. The summed E-state index contributed by atoms with van der Waals surface area (Å²) in [6, 6.07) is 6.49. The molecule has 1 aromatic carbocycles. The molecule has 0 aliphatic heterocycles. The molecule has 0 aliphatic carbocycles. The molecule has 2 heteroatoms. The van der Waals surface area contributed by atoms with E-state index in [1.54, 1.807) is 0 Å². The van der Waals surface area contributed by atoms with Gasteiger partial charge in [-0.05, 0) is 44.4 Å². The Bertz CT molecular complexity index is 333. The van der Waals surface area contributed by atoms with Crippen LogP contribution in [0.2, 0.25) is 5.02 Å². The van der Waals surface area contributed by atoms with E-state index in [-0.39, 0.29) is 0 Å². The minimum absolute atomic E-state index is 0.420. The third kappa shape index (κ3) is 3.96. The van der Waals surface area contributed by atoms with Crippen LogP contribution in [0.25, 0.3) is 0 Å². The molecule has 0 bridgehead atoms. The molecule has 0 aromatic heterocycles. The summed E-state index contributed by atoms with van der Waals surface area (Å²) in [7, 11) is 0. The molecular formula is C13H18ClN. The van der Waals surface area contributed by atoms with E-state index < -0.39 is 0 Å². The standard InChI is InChI=1S/C13H18ClN/c1-4-5-6-11(3)15-13-8-7-10(2)9-12(13)14/h4,7-9,11,15H,1,5-6H2,2-3H3. The number of hydrogen-bond donors (Lipinski definition) is 1. The van der Waals surface area contributed by atoms with Gasteiger partial charge in [-0.3, -0.25) is 0 Å². The Labute approximate surface area is 97.1 Å². The lowest BCUT2D eigenvalue weighted by atomic mass is 10.1. The summed E-state index contributed by atoms with van der Waals surface area (Å²) in [5.74, 6) is 0. The van der Waals surface area contributed by atoms with E-state index in [0.717, 1.165) is 23.6 Å². The van der Waals surface area contributed by atoms with Gasteiger partial charge in [0.05, 0.1) is 10.7 Å². The van der Waals surface area contributed by atoms with Gasteiger partial charge in [0.2, 0.25) is 0 Å². The molecule has 1 unspecified atom stereocenters. The maximum absolute atomic E-state index is 6.12. The summed E-state index contributed by atoms with van der Waals surface area (Å²) >= 11 is 6.12. The molecule has 82 valence electrons. The third-order valence-corrected chi connectivity index (χ3v) is 2.64. The van der Waals surface area contributed by atoms with Crippen LogP contribution in [0.1, 0.15) is 25.3 Å². The number of halogens is 1. The van der Waals surface area contributed by atoms with Crippen LogP contribution in [-0.4, -0.2) is 6.04 Å². The number of allylic oxidation sites excluding steroid dienone is 1. The van der Waals surface area contributed by atoms with Gasteiger partial charge in [-0.1, -0.05) is 23.7 Å². The molecule has 1 nitrogen and oxygen atoms in total. The molecular weight excluding hydrogens is 206 g/mol. The molecule has 1 atom stereocenters. The third-order valence-electron chi connectivity index (χ3n) is 2.33. The predicted molar refractivity (Wildman–Crippen MR) is 68.7 cm³/mol. The van der Waals surface area contributed by atoms with Gasteiger partial charge in [0.25, 0.3) is 0 Å². The van der Waals surface area contributed by atoms with Crippen molar-refractivity contribution in [1.29, 1.82) is 0 Å². The normalized spacial score (nSPS) is 12.2. The zero-order valence-corrected chi connectivity index (χ0v) is 10.1. The largest absolute Gasteiger partial charge is 0.381 e. The first kappa shape index (κ1) is 12.1. The number of hydrogen-bond acceptors (Lipinski definition) is 1. The first-order chi connectivity index (χ1) is 7.13. The van der Waals surface area contributed by atoms with Crippen molar-refractivity contribution in [2.75, 3.05) is 5.32 Å². The van der Waals surface area contributed by atoms with Crippen LogP contribution < -0.4 is 5.32 Å². The molecule has 0 aliphatic rings. The molecule has 0 heterocycles. The quantitative estimate of drug-likeness (QED) is 0.729. The molecule has 1 N–H and O–H groups in total. The number of nitrogens with one attached hydrogen (secondary N) is 1. The van der Waals surface area contributed by atoms with Crippen molar-refractivity contribution >= 4 is 17.3 Å². The van der Waals surface area contributed by atoms with E-state index >= 15 is 0 Å². The molecule has 0 spiro atoms. The van der Waals surface area contributed by atoms with E-state index in [9.17, 15) is 0 Å². The summed E-state index contributed by atoms with van der Waals surface area (Å²) < 4.78 is 0. The minimum atomic E-state index is 0.420. The van der Waals surface area contributed by atoms with Gasteiger partial charge in [-0.2, -0.15) is 0 Å². The molecule has 0 saturated heterocycles. The summed E-state index contributed by atoms with van der Waals surface area (Å²) in [4.78, 5) is 0. The second-order valence-corrected chi connectivity index (χ2v) is 4.30. The summed E-state index contributed by atoms with van der Waals surface area (Å²) in [6.07, 6.45) is 4.04. The zero-order valence-electron chi connectivity index (χ0n) is 9.39. The fraction of sp³-hybridized carbons (Fsp3) is 0.385. The highest BCUT2D eigenvalue weighted by Crippen LogP contribution is 2.23. The van der Waals surface area contributed by atoms with Crippen LogP contribution in [-0.2, 0) is 0 Å². The predicted octanol–water partition coefficient (Wildman–Crippen LogP) is 4.42. The summed E-state index contributed by atoms with van der Waals surface area (Å²) in [5.41, 5.74) is 2.20. The van der Waals surface area contributed by atoms with Gasteiger partial charge < -0.3 is 5.32 Å². The average molecular weight is 224 g/mol. The summed E-state index contributed by atoms with van der Waals surface area (Å²) in [5, 5.41) is 4.18. The Hall–Kier alpha value is -0.950. The van der Waals surface area contributed by atoms with Crippen molar-refractivity contribution in [2.45, 2.75) is 32.7 Å². The molecule has 0 fully saturated rings. The van der Waals surface area contributed by atoms with Crippen molar-refractivity contribution in [2.24, 2.45) is 0 Å². The first-order valence-electron chi connectivity index (χ1n) is 5.27. The van der Waals surface area contributed by atoms with E-state index in [2.05, 4.69) is 24.9 Å². The van der Waals surface area contributed by atoms with Crippen LogP contribution in [0, 0.1) is 6.92 Å². The SMILES string of the molecule is C=CCCC(C)Nc1ccc(C)cc1Cl. The molecule has 1 aromatic rings. The Morgan fingerprint density at radius 1 is 1.53 bits per heavy atom. The minimum Gasteiger partial charge on any atom is -0.381 e. The number of anilines is 1. The van der Waals surface area contributed by atoms with Crippen molar-refractivity contribution < 1.29 is 0 Å². The van der Waals surface area contributed by atoms with Crippen molar-refractivity contribution in [3.8, 4) is 0 Å². The number of benzene rings is 1. The molecule has 0 amide bonds. The second kappa shape index (κ2) is 5.82. The van der Waals surface area contributed by atoms with Crippen molar-refractivity contribution in [3.63, 3.8) is 0 Å². The van der Waals surface area contributed by atoms with E-state index in [1.165, 1.54) is 5.56 Å². The van der Waals surface area contributed by atoms with Gasteiger partial charge in [-0.25, -0.2) is 0 Å². The highest BCUT2D eigenvalue weighted by atomic mass is 35.5. The highest BCUT2D eigenvalue weighted by molar-refractivity contribution is 6.33. The maximum Gasteiger partial charge on any atom is 0.0640 e. The van der Waals surface area contributed by atoms with Gasteiger partial charge in [0, 0.05) is 6.04 Å². The average Bonchev–Trinajstić information content (AvgIpc) is 2.19. The fourth-order valence-electron chi connectivity index (χ4n) is 1.44. The number of aryl methyl sites for hydroxylation is 1. The van der Waals surface area contributed by atoms with Gasteiger partial charge in [-0.15, -0.1) is 6.58 Å². The van der Waals surface area contributed by atoms with Crippen molar-refractivity contribution in [3.05, 3.63) is 41.4 Å². The van der Waals surface area contributed by atoms with Crippen molar-refractivity contribution in [1.82, 2.24) is 0 Å². The molecule has 0 radical (unpaired) electrons. The molecule has 0 saturated carbocycles. The van der Waals surface area contributed by atoms with Crippen LogP contribution in [0.3, 0.4) is 0 Å². The van der Waals surface area contributed by atoms with Crippen LogP contribution >= 0.6 is 11.6 Å². The molecule has 15 heavy (non-hydrogen) atoms. The van der Waals surface area contributed by atoms with E-state index in [1.807, 2.05) is 25.1 Å². The van der Waals surface area contributed by atoms with Crippen LogP contribution in [0.15, 0.2) is 30.9 Å². The van der Waals surface area contributed by atoms with Gasteiger partial charge in [0.15, 0.2) is 0 Å². The van der Waals surface area contributed by atoms with E-state index in [4.69, 9.17) is 11.6 Å². The highest BCUT2D eigenvalue weighted by Gasteiger charge is 2.04. The zero-order chi connectivity index (χ0) is 11.3. The second-order valence-electron chi connectivity index (χ2n) is 3.89. The van der Waals surface area contributed by atoms with Gasteiger partial charge >= 0.3 is 0 Å². The van der Waals surface area contributed by atoms with Crippen LogP contribution in [0.4, 0.5) is 5.69 Å². The fourth-order valence-corrected chi connectivity index (χ4v) is 1.73. The lowest BCUT2D eigenvalue weighted by molar-refractivity contribution is 0.719. The lowest BCUT2D eigenvalue weighted by Crippen LogP contribution is -2.14.